The highest BCUT2D eigenvalue weighted by Crippen LogP contribution is 2.44. The molecule has 1 unspecified atom stereocenters. The Kier molecular flexibility index (Phi) is 3.71. The summed E-state index contributed by atoms with van der Waals surface area (Å²) in [4.78, 5) is 27.2. The van der Waals surface area contributed by atoms with Gasteiger partial charge in [-0.25, -0.2) is 4.98 Å². The normalized spacial score (nSPS) is 23.1. The molecule has 2 aliphatic rings. The first kappa shape index (κ1) is 16.3. The van der Waals surface area contributed by atoms with Gasteiger partial charge >= 0.3 is 0 Å². The standard InChI is InChI=1S/C20H26N4O/c1-19(2,3)18-22-16-15(17(25)23-18)5-9-20(16)8-4-12-24(13-20)14-6-10-21-11-7-14/h6-7,10-11H,4-5,8-9,12-13H2,1-3H3,(H,22,23,25). The third-order valence-electron chi connectivity index (χ3n) is 5.69. The van der Waals surface area contributed by atoms with E-state index in [1.807, 2.05) is 12.4 Å². The zero-order chi connectivity index (χ0) is 17.7. The molecule has 1 aliphatic carbocycles. The Bertz CT molecular complexity index is 837. The number of nitrogens with zero attached hydrogens (tertiary/aromatic N) is 3. The predicted octanol–water partition coefficient (Wildman–Crippen LogP) is 2.95. The van der Waals surface area contributed by atoms with Gasteiger partial charge in [-0.05, 0) is 37.8 Å². The van der Waals surface area contributed by atoms with Crippen molar-refractivity contribution in [3.63, 3.8) is 0 Å². The molecule has 0 bridgehead atoms. The van der Waals surface area contributed by atoms with E-state index >= 15 is 0 Å². The summed E-state index contributed by atoms with van der Waals surface area (Å²) in [6.45, 7) is 8.29. The van der Waals surface area contributed by atoms with Crippen molar-refractivity contribution in [1.82, 2.24) is 15.0 Å². The number of nitrogens with one attached hydrogen (secondary N) is 1. The minimum atomic E-state index is -0.155. The van der Waals surface area contributed by atoms with Crippen LogP contribution in [0.25, 0.3) is 0 Å². The lowest BCUT2D eigenvalue weighted by Gasteiger charge is -2.42. The van der Waals surface area contributed by atoms with E-state index in [0.29, 0.717) is 0 Å². The molecule has 1 saturated heterocycles. The predicted molar refractivity (Wildman–Crippen MR) is 99.2 cm³/mol. The first-order valence-electron chi connectivity index (χ1n) is 9.18. The highest BCUT2D eigenvalue weighted by Gasteiger charge is 2.45. The molecule has 1 aliphatic heterocycles. The van der Waals surface area contributed by atoms with Crippen molar-refractivity contribution in [1.29, 1.82) is 0 Å². The number of aromatic amines is 1. The summed E-state index contributed by atoms with van der Waals surface area (Å²) in [6, 6.07) is 4.14. The lowest BCUT2D eigenvalue weighted by Crippen LogP contribution is -2.46. The van der Waals surface area contributed by atoms with Gasteiger partial charge < -0.3 is 9.88 Å². The van der Waals surface area contributed by atoms with Crippen molar-refractivity contribution in [2.24, 2.45) is 0 Å². The first-order valence-corrected chi connectivity index (χ1v) is 9.18. The lowest BCUT2D eigenvalue weighted by atomic mass is 9.77. The Hall–Kier alpha value is -2.17. The van der Waals surface area contributed by atoms with Gasteiger partial charge in [0, 0.05) is 47.6 Å². The van der Waals surface area contributed by atoms with Crippen LogP contribution in [-0.4, -0.2) is 28.0 Å². The third-order valence-corrected chi connectivity index (χ3v) is 5.69. The van der Waals surface area contributed by atoms with Crippen LogP contribution in [0.1, 0.15) is 57.1 Å². The van der Waals surface area contributed by atoms with E-state index in [9.17, 15) is 4.79 Å². The Labute approximate surface area is 148 Å². The number of H-pyrrole nitrogens is 1. The van der Waals surface area contributed by atoms with E-state index in [-0.39, 0.29) is 16.4 Å². The molecule has 0 aromatic carbocycles. The smallest absolute Gasteiger partial charge is 0.254 e. The molecular weight excluding hydrogens is 312 g/mol. The highest BCUT2D eigenvalue weighted by atomic mass is 16.1. The summed E-state index contributed by atoms with van der Waals surface area (Å²) in [5, 5.41) is 0. The molecule has 3 heterocycles. The molecule has 2 aromatic heterocycles. The molecular formula is C20H26N4O. The van der Waals surface area contributed by atoms with Crippen molar-refractivity contribution in [2.75, 3.05) is 18.0 Å². The average molecular weight is 338 g/mol. The van der Waals surface area contributed by atoms with Crippen LogP contribution in [0.4, 0.5) is 5.69 Å². The van der Waals surface area contributed by atoms with Crippen LogP contribution in [0.3, 0.4) is 0 Å². The number of aromatic nitrogens is 3. The van der Waals surface area contributed by atoms with Gasteiger partial charge in [-0.3, -0.25) is 9.78 Å². The minimum absolute atomic E-state index is 0.00507. The van der Waals surface area contributed by atoms with Crippen molar-refractivity contribution < 1.29 is 0 Å². The van der Waals surface area contributed by atoms with Crippen LogP contribution in [0.2, 0.25) is 0 Å². The molecule has 5 nitrogen and oxygen atoms in total. The number of pyridine rings is 1. The summed E-state index contributed by atoms with van der Waals surface area (Å²) in [5.74, 6) is 0.804. The summed E-state index contributed by atoms with van der Waals surface area (Å²) < 4.78 is 0. The number of piperidine rings is 1. The molecule has 1 fully saturated rings. The van der Waals surface area contributed by atoms with Gasteiger partial charge in [-0.2, -0.15) is 0 Å². The van der Waals surface area contributed by atoms with E-state index in [4.69, 9.17) is 4.98 Å². The molecule has 132 valence electrons. The number of rotatable bonds is 1. The molecule has 25 heavy (non-hydrogen) atoms. The van der Waals surface area contributed by atoms with Crippen molar-refractivity contribution >= 4 is 5.69 Å². The monoisotopic (exact) mass is 338 g/mol. The van der Waals surface area contributed by atoms with Crippen LogP contribution >= 0.6 is 0 Å². The third kappa shape index (κ3) is 2.75. The maximum Gasteiger partial charge on any atom is 0.254 e. The van der Waals surface area contributed by atoms with Crippen LogP contribution in [0, 0.1) is 0 Å². The van der Waals surface area contributed by atoms with Crippen molar-refractivity contribution in [2.45, 2.75) is 57.3 Å². The second-order valence-electron chi connectivity index (χ2n) is 8.50. The molecule has 1 spiro atoms. The first-order chi connectivity index (χ1) is 11.9. The van der Waals surface area contributed by atoms with E-state index < -0.39 is 0 Å². The second-order valence-corrected chi connectivity index (χ2v) is 8.50. The van der Waals surface area contributed by atoms with E-state index in [0.717, 1.165) is 55.9 Å². The molecule has 0 radical (unpaired) electrons. The number of hydrogen-bond acceptors (Lipinski definition) is 4. The number of anilines is 1. The summed E-state index contributed by atoms with van der Waals surface area (Å²) in [6.07, 6.45) is 7.79. The topological polar surface area (TPSA) is 61.9 Å². The van der Waals surface area contributed by atoms with Gasteiger partial charge in [0.1, 0.15) is 5.82 Å². The van der Waals surface area contributed by atoms with E-state index in [1.165, 1.54) is 5.69 Å². The molecule has 4 rings (SSSR count). The largest absolute Gasteiger partial charge is 0.370 e. The lowest BCUT2D eigenvalue weighted by molar-refractivity contribution is 0.332. The van der Waals surface area contributed by atoms with Crippen molar-refractivity contribution in [3.8, 4) is 0 Å². The van der Waals surface area contributed by atoms with Gasteiger partial charge in [0.15, 0.2) is 0 Å². The van der Waals surface area contributed by atoms with E-state index in [2.05, 4.69) is 47.8 Å². The number of fused-ring (bicyclic) bond motifs is 2. The Morgan fingerprint density at radius 3 is 2.68 bits per heavy atom. The maximum absolute atomic E-state index is 12.6. The molecule has 0 saturated carbocycles. The second kappa shape index (κ2) is 5.68. The average Bonchev–Trinajstić information content (AvgIpc) is 2.94. The maximum atomic E-state index is 12.6. The van der Waals surface area contributed by atoms with Crippen molar-refractivity contribution in [3.05, 3.63) is 52.0 Å². The van der Waals surface area contributed by atoms with Gasteiger partial charge in [-0.1, -0.05) is 20.8 Å². The summed E-state index contributed by atoms with van der Waals surface area (Å²) in [7, 11) is 0. The molecule has 0 amide bonds. The zero-order valence-electron chi connectivity index (χ0n) is 15.3. The molecule has 2 aromatic rings. The Morgan fingerprint density at radius 2 is 1.96 bits per heavy atom. The molecule has 5 heteroatoms. The van der Waals surface area contributed by atoms with Gasteiger partial charge in [0.2, 0.25) is 0 Å². The fourth-order valence-corrected chi connectivity index (χ4v) is 4.31. The van der Waals surface area contributed by atoms with Gasteiger partial charge in [0.05, 0.1) is 5.69 Å². The summed E-state index contributed by atoms with van der Waals surface area (Å²) in [5.41, 5.74) is 3.09. The van der Waals surface area contributed by atoms with Crippen LogP contribution < -0.4 is 10.5 Å². The number of hydrogen-bond donors (Lipinski definition) is 1. The fraction of sp³-hybridized carbons (Fsp3) is 0.550. The van der Waals surface area contributed by atoms with Crippen LogP contribution in [-0.2, 0) is 17.3 Å². The summed E-state index contributed by atoms with van der Waals surface area (Å²) >= 11 is 0. The van der Waals surface area contributed by atoms with E-state index in [1.54, 1.807) is 0 Å². The van der Waals surface area contributed by atoms with Gasteiger partial charge in [0.25, 0.3) is 5.56 Å². The fourth-order valence-electron chi connectivity index (χ4n) is 4.31. The molecule has 1 N–H and O–H groups in total. The highest BCUT2D eigenvalue weighted by molar-refractivity contribution is 5.48. The van der Waals surface area contributed by atoms with Crippen LogP contribution in [0.15, 0.2) is 29.3 Å². The Morgan fingerprint density at radius 1 is 1.20 bits per heavy atom. The molecule has 1 atom stereocenters. The minimum Gasteiger partial charge on any atom is -0.370 e. The zero-order valence-corrected chi connectivity index (χ0v) is 15.3. The van der Waals surface area contributed by atoms with Gasteiger partial charge in [-0.15, -0.1) is 0 Å². The SMILES string of the molecule is CC(C)(C)c1nc2c(c(=O)[nH]1)CCC21CCCN(c2ccncc2)C1. The van der Waals surface area contributed by atoms with Crippen LogP contribution in [0.5, 0.6) is 0 Å². The quantitative estimate of drug-likeness (QED) is 0.868. The Balaban J connectivity index is 1.76.